The minimum absolute atomic E-state index is 0.103. The van der Waals surface area contributed by atoms with E-state index in [1.54, 1.807) is 11.8 Å². The van der Waals surface area contributed by atoms with Gasteiger partial charge < -0.3 is 10.1 Å². The Bertz CT molecular complexity index is 188. The van der Waals surface area contributed by atoms with Crippen LogP contribution in [0.3, 0.4) is 0 Å². The van der Waals surface area contributed by atoms with Gasteiger partial charge in [-0.15, -0.1) is 11.8 Å². The van der Waals surface area contributed by atoms with Crippen molar-refractivity contribution < 1.29 is 9.53 Å². The molecule has 0 bridgehead atoms. The molecule has 0 aliphatic heterocycles. The van der Waals surface area contributed by atoms with Crippen molar-refractivity contribution >= 4 is 17.7 Å². The second-order valence-electron chi connectivity index (χ2n) is 4.02. The molecule has 3 nitrogen and oxygen atoms in total. The zero-order valence-corrected chi connectivity index (χ0v) is 11.7. The minimum atomic E-state index is -0.103. The SMILES string of the molecule is CCCNC(C)CC(C)SCC(=O)OCC. The number of esters is 1. The number of nitrogens with one attached hydrogen (secondary N) is 1. The predicted octanol–water partition coefficient (Wildman–Crippen LogP) is 2.45. The van der Waals surface area contributed by atoms with E-state index in [2.05, 4.69) is 26.1 Å². The third-order valence-corrected chi connectivity index (χ3v) is 3.38. The van der Waals surface area contributed by atoms with Crippen LogP contribution in [0.2, 0.25) is 0 Å². The van der Waals surface area contributed by atoms with Crippen LogP contribution in [0.1, 0.15) is 40.5 Å². The van der Waals surface area contributed by atoms with Gasteiger partial charge in [0.15, 0.2) is 0 Å². The second-order valence-corrected chi connectivity index (χ2v) is 5.44. The Labute approximate surface area is 104 Å². The largest absolute Gasteiger partial charge is 0.465 e. The molecule has 0 rings (SSSR count). The van der Waals surface area contributed by atoms with Gasteiger partial charge in [-0.3, -0.25) is 4.79 Å². The van der Waals surface area contributed by atoms with E-state index in [9.17, 15) is 4.79 Å². The fourth-order valence-corrected chi connectivity index (χ4v) is 2.38. The molecule has 0 saturated carbocycles. The van der Waals surface area contributed by atoms with Gasteiger partial charge >= 0.3 is 5.97 Å². The fraction of sp³-hybridized carbons (Fsp3) is 0.917. The molecule has 0 aliphatic rings. The third kappa shape index (κ3) is 9.04. The summed E-state index contributed by atoms with van der Waals surface area (Å²) in [6.45, 7) is 9.89. The summed E-state index contributed by atoms with van der Waals surface area (Å²) in [6.07, 6.45) is 2.25. The van der Waals surface area contributed by atoms with Crippen molar-refractivity contribution in [3.63, 3.8) is 0 Å². The van der Waals surface area contributed by atoms with Crippen LogP contribution in [-0.2, 0) is 9.53 Å². The van der Waals surface area contributed by atoms with Gasteiger partial charge in [0.05, 0.1) is 12.4 Å². The van der Waals surface area contributed by atoms with Crippen molar-refractivity contribution in [1.82, 2.24) is 5.32 Å². The van der Waals surface area contributed by atoms with Crippen molar-refractivity contribution in [2.75, 3.05) is 18.9 Å². The van der Waals surface area contributed by atoms with E-state index in [0.717, 1.165) is 19.4 Å². The van der Waals surface area contributed by atoms with Crippen molar-refractivity contribution in [2.45, 2.75) is 51.8 Å². The number of thioether (sulfide) groups is 1. The lowest BCUT2D eigenvalue weighted by Gasteiger charge is -2.17. The highest BCUT2D eigenvalue weighted by Gasteiger charge is 2.11. The summed E-state index contributed by atoms with van der Waals surface area (Å²) >= 11 is 1.67. The second kappa shape index (κ2) is 9.97. The van der Waals surface area contributed by atoms with Gasteiger partial charge in [0, 0.05) is 11.3 Å². The number of ether oxygens (including phenoxy) is 1. The maximum Gasteiger partial charge on any atom is 0.315 e. The summed E-state index contributed by atoms with van der Waals surface area (Å²) < 4.78 is 4.89. The third-order valence-electron chi connectivity index (χ3n) is 2.22. The molecule has 0 aliphatic carbocycles. The molecule has 0 fully saturated rings. The van der Waals surface area contributed by atoms with E-state index < -0.39 is 0 Å². The predicted molar refractivity (Wildman–Crippen MR) is 70.9 cm³/mol. The van der Waals surface area contributed by atoms with E-state index in [-0.39, 0.29) is 5.97 Å². The Morgan fingerprint density at radius 1 is 1.38 bits per heavy atom. The highest BCUT2D eigenvalue weighted by atomic mass is 32.2. The van der Waals surface area contributed by atoms with Crippen LogP contribution >= 0.6 is 11.8 Å². The number of carbonyl (C=O) groups is 1. The molecule has 16 heavy (non-hydrogen) atoms. The fourth-order valence-electron chi connectivity index (χ4n) is 1.45. The maximum absolute atomic E-state index is 11.1. The Balaban J connectivity index is 3.56. The first-order valence-electron chi connectivity index (χ1n) is 6.10. The molecule has 0 aromatic carbocycles. The zero-order valence-electron chi connectivity index (χ0n) is 10.9. The number of hydrogen-bond donors (Lipinski definition) is 1. The molecule has 0 radical (unpaired) electrons. The normalized spacial score (nSPS) is 14.5. The molecule has 96 valence electrons. The molecule has 4 heteroatoms. The van der Waals surface area contributed by atoms with Crippen LogP contribution in [0.15, 0.2) is 0 Å². The van der Waals surface area contributed by atoms with Gasteiger partial charge in [0.2, 0.25) is 0 Å². The van der Waals surface area contributed by atoms with Crippen LogP contribution in [0, 0.1) is 0 Å². The Morgan fingerprint density at radius 3 is 2.62 bits per heavy atom. The monoisotopic (exact) mass is 247 g/mol. The lowest BCUT2D eigenvalue weighted by Crippen LogP contribution is -2.29. The van der Waals surface area contributed by atoms with E-state index in [1.807, 2.05) is 6.92 Å². The van der Waals surface area contributed by atoms with Crippen LogP contribution < -0.4 is 5.32 Å². The highest BCUT2D eigenvalue weighted by molar-refractivity contribution is 8.00. The van der Waals surface area contributed by atoms with Crippen molar-refractivity contribution in [2.24, 2.45) is 0 Å². The smallest absolute Gasteiger partial charge is 0.315 e. The first-order chi connectivity index (χ1) is 7.60. The quantitative estimate of drug-likeness (QED) is 0.635. The molecule has 0 saturated heterocycles. The van der Waals surface area contributed by atoms with Crippen LogP contribution in [0.5, 0.6) is 0 Å². The van der Waals surface area contributed by atoms with Gasteiger partial charge in [-0.2, -0.15) is 0 Å². The molecule has 0 spiro atoms. The van der Waals surface area contributed by atoms with Gasteiger partial charge in [0.25, 0.3) is 0 Å². The lowest BCUT2D eigenvalue weighted by molar-refractivity contribution is -0.139. The number of carbonyl (C=O) groups excluding carboxylic acids is 1. The summed E-state index contributed by atoms with van der Waals surface area (Å²) in [4.78, 5) is 11.1. The van der Waals surface area contributed by atoms with Gasteiger partial charge in [-0.1, -0.05) is 13.8 Å². The molecule has 2 atom stereocenters. The molecule has 2 unspecified atom stereocenters. The van der Waals surface area contributed by atoms with Gasteiger partial charge in [-0.05, 0) is 33.2 Å². The van der Waals surface area contributed by atoms with E-state index >= 15 is 0 Å². The molecule has 0 amide bonds. The Hall–Kier alpha value is -0.220. The van der Waals surface area contributed by atoms with Gasteiger partial charge in [-0.25, -0.2) is 0 Å². The van der Waals surface area contributed by atoms with Crippen molar-refractivity contribution in [3.8, 4) is 0 Å². The molecule has 0 aromatic heterocycles. The molecular weight excluding hydrogens is 222 g/mol. The number of hydrogen-bond acceptors (Lipinski definition) is 4. The van der Waals surface area contributed by atoms with E-state index in [4.69, 9.17) is 4.74 Å². The van der Waals surface area contributed by atoms with Crippen LogP contribution in [-0.4, -0.2) is 36.2 Å². The van der Waals surface area contributed by atoms with Gasteiger partial charge in [0.1, 0.15) is 0 Å². The summed E-state index contributed by atoms with van der Waals surface area (Å²) in [7, 11) is 0. The van der Waals surface area contributed by atoms with E-state index in [1.165, 1.54) is 0 Å². The highest BCUT2D eigenvalue weighted by Crippen LogP contribution is 2.16. The molecule has 1 N–H and O–H groups in total. The van der Waals surface area contributed by atoms with Crippen molar-refractivity contribution in [1.29, 1.82) is 0 Å². The number of rotatable bonds is 9. The first kappa shape index (κ1) is 15.8. The topological polar surface area (TPSA) is 38.3 Å². The van der Waals surface area contributed by atoms with Crippen molar-refractivity contribution in [3.05, 3.63) is 0 Å². The zero-order chi connectivity index (χ0) is 12.4. The average Bonchev–Trinajstić information content (AvgIpc) is 2.24. The molecular formula is C12H25NO2S. The molecule has 0 aromatic rings. The standard InChI is InChI=1S/C12H25NO2S/c1-5-7-13-10(3)8-11(4)16-9-12(14)15-6-2/h10-11,13H,5-9H2,1-4H3. The maximum atomic E-state index is 11.1. The summed E-state index contributed by atoms with van der Waals surface area (Å²) in [5.41, 5.74) is 0. The average molecular weight is 247 g/mol. The summed E-state index contributed by atoms with van der Waals surface area (Å²) in [6, 6.07) is 0.518. The molecule has 0 heterocycles. The lowest BCUT2D eigenvalue weighted by atomic mass is 10.2. The van der Waals surface area contributed by atoms with Crippen LogP contribution in [0.4, 0.5) is 0 Å². The summed E-state index contributed by atoms with van der Waals surface area (Å²) in [5.74, 6) is 0.365. The summed E-state index contributed by atoms with van der Waals surface area (Å²) in [5, 5.41) is 3.94. The first-order valence-corrected chi connectivity index (χ1v) is 7.15. The Morgan fingerprint density at radius 2 is 2.06 bits per heavy atom. The van der Waals surface area contributed by atoms with Crippen LogP contribution in [0.25, 0.3) is 0 Å². The van der Waals surface area contributed by atoms with E-state index in [0.29, 0.717) is 23.7 Å². The Kier molecular flexibility index (Phi) is 9.83. The minimum Gasteiger partial charge on any atom is -0.465 e.